The van der Waals surface area contributed by atoms with Gasteiger partial charge in [0.1, 0.15) is 0 Å². The van der Waals surface area contributed by atoms with Crippen LogP contribution < -0.4 is 4.90 Å². The topological polar surface area (TPSA) is 58.6 Å². The third kappa shape index (κ3) is 4.50. The fourth-order valence-corrected chi connectivity index (χ4v) is 3.50. The first-order valence-corrected chi connectivity index (χ1v) is 9.51. The second-order valence-electron chi connectivity index (χ2n) is 7.19. The maximum atomic E-state index is 12.6. The summed E-state index contributed by atoms with van der Waals surface area (Å²) in [5, 5.41) is 0. The standard InChI is InChI=1S/C20H21F3N4O2/c21-20(22,23)16-4-1-14(2-5-16)3-6-18(28)27-12-15-11-24-19(25-17(15)13-27)26-7-9-29-10-8-26/h1-2,4-5,11H,3,6-10,12-13H2. The van der Waals surface area contributed by atoms with Crippen LogP contribution in [0.15, 0.2) is 30.5 Å². The molecule has 1 fully saturated rings. The van der Waals surface area contributed by atoms with Gasteiger partial charge in [0.05, 0.1) is 31.0 Å². The number of rotatable bonds is 4. The van der Waals surface area contributed by atoms with Crippen LogP contribution in [0.5, 0.6) is 0 Å². The number of amides is 1. The number of anilines is 1. The number of carbonyl (C=O) groups excluding carboxylic acids is 1. The van der Waals surface area contributed by atoms with Gasteiger partial charge < -0.3 is 14.5 Å². The first-order valence-electron chi connectivity index (χ1n) is 9.51. The van der Waals surface area contributed by atoms with Gasteiger partial charge in [-0.3, -0.25) is 4.79 Å². The summed E-state index contributed by atoms with van der Waals surface area (Å²) in [4.78, 5) is 25.4. The average molecular weight is 406 g/mol. The summed E-state index contributed by atoms with van der Waals surface area (Å²) < 4.78 is 43.2. The molecule has 0 unspecified atom stereocenters. The van der Waals surface area contributed by atoms with Crippen molar-refractivity contribution in [2.75, 3.05) is 31.2 Å². The van der Waals surface area contributed by atoms with Crippen molar-refractivity contribution in [3.8, 4) is 0 Å². The van der Waals surface area contributed by atoms with Gasteiger partial charge >= 0.3 is 6.18 Å². The summed E-state index contributed by atoms with van der Waals surface area (Å²) in [6.07, 6.45) is -1.94. The van der Waals surface area contributed by atoms with Crippen LogP contribution in [0.25, 0.3) is 0 Å². The van der Waals surface area contributed by atoms with E-state index in [9.17, 15) is 18.0 Å². The van der Waals surface area contributed by atoms with Gasteiger partial charge in [-0.25, -0.2) is 9.97 Å². The number of hydrogen-bond acceptors (Lipinski definition) is 5. The summed E-state index contributed by atoms with van der Waals surface area (Å²) >= 11 is 0. The number of morpholine rings is 1. The lowest BCUT2D eigenvalue weighted by Gasteiger charge is -2.26. The predicted molar refractivity (Wildman–Crippen MR) is 99.1 cm³/mol. The van der Waals surface area contributed by atoms with E-state index in [0.717, 1.165) is 36.5 Å². The quantitative estimate of drug-likeness (QED) is 0.782. The maximum Gasteiger partial charge on any atom is 0.416 e. The Morgan fingerprint density at radius 1 is 1.10 bits per heavy atom. The summed E-state index contributed by atoms with van der Waals surface area (Å²) in [7, 11) is 0. The highest BCUT2D eigenvalue weighted by molar-refractivity contribution is 5.77. The molecule has 29 heavy (non-hydrogen) atoms. The molecule has 6 nitrogen and oxygen atoms in total. The molecule has 0 saturated carbocycles. The van der Waals surface area contributed by atoms with Crippen LogP contribution in [0.3, 0.4) is 0 Å². The number of ether oxygens (including phenoxy) is 1. The number of fused-ring (bicyclic) bond motifs is 1. The second kappa shape index (κ2) is 7.98. The summed E-state index contributed by atoms with van der Waals surface area (Å²) in [6.45, 7) is 3.68. The Balaban J connectivity index is 1.33. The molecule has 4 rings (SSSR count). The molecule has 154 valence electrons. The van der Waals surface area contributed by atoms with Gasteiger partial charge in [0.2, 0.25) is 11.9 Å². The van der Waals surface area contributed by atoms with Gasteiger partial charge in [-0.05, 0) is 24.1 Å². The van der Waals surface area contributed by atoms with E-state index in [1.165, 1.54) is 12.1 Å². The average Bonchev–Trinajstić information content (AvgIpc) is 3.16. The zero-order valence-corrected chi connectivity index (χ0v) is 15.8. The van der Waals surface area contributed by atoms with Crippen molar-refractivity contribution < 1.29 is 22.7 Å². The highest BCUT2D eigenvalue weighted by atomic mass is 19.4. The van der Waals surface area contributed by atoms with Gasteiger partial charge in [-0.1, -0.05) is 12.1 Å². The molecule has 9 heteroatoms. The number of nitrogens with zero attached hydrogens (tertiary/aromatic N) is 4. The van der Waals surface area contributed by atoms with Crippen molar-refractivity contribution >= 4 is 11.9 Å². The number of alkyl halides is 3. The number of aryl methyl sites for hydroxylation is 1. The maximum absolute atomic E-state index is 12.6. The monoisotopic (exact) mass is 406 g/mol. The van der Waals surface area contributed by atoms with Crippen LogP contribution in [0.4, 0.5) is 19.1 Å². The van der Waals surface area contributed by atoms with Crippen LogP contribution in [-0.2, 0) is 35.2 Å². The van der Waals surface area contributed by atoms with Crippen molar-refractivity contribution in [1.82, 2.24) is 14.9 Å². The van der Waals surface area contributed by atoms with Crippen molar-refractivity contribution in [3.05, 3.63) is 52.8 Å². The van der Waals surface area contributed by atoms with Crippen molar-refractivity contribution in [2.24, 2.45) is 0 Å². The van der Waals surface area contributed by atoms with E-state index in [1.807, 2.05) is 0 Å². The normalized spacial score (nSPS) is 16.8. The van der Waals surface area contributed by atoms with E-state index in [1.54, 1.807) is 11.1 Å². The Morgan fingerprint density at radius 2 is 1.83 bits per heavy atom. The lowest BCUT2D eigenvalue weighted by atomic mass is 10.1. The molecular formula is C20H21F3N4O2. The molecule has 2 aliphatic heterocycles. The largest absolute Gasteiger partial charge is 0.416 e. The van der Waals surface area contributed by atoms with E-state index in [0.29, 0.717) is 44.2 Å². The smallest absolute Gasteiger partial charge is 0.378 e. The molecule has 0 N–H and O–H groups in total. The first-order chi connectivity index (χ1) is 13.9. The van der Waals surface area contributed by atoms with Gasteiger partial charge in [0.25, 0.3) is 0 Å². The second-order valence-corrected chi connectivity index (χ2v) is 7.19. The van der Waals surface area contributed by atoms with E-state index >= 15 is 0 Å². The van der Waals surface area contributed by atoms with Gasteiger partial charge in [-0.15, -0.1) is 0 Å². The van der Waals surface area contributed by atoms with E-state index < -0.39 is 11.7 Å². The lowest BCUT2D eigenvalue weighted by Crippen LogP contribution is -2.37. The summed E-state index contributed by atoms with van der Waals surface area (Å²) in [5.74, 6) is 0.613. The first kappa shape index (κ1) is 19.6. The van der Waals surface area contributed by atoms with Crippen molar-refractivity contribution in [3.63, 3.8) is 0 Å². The molecular weight excluding hydrogens is 385 g/mol. The Hall–Kier alpha value is -2.68. The number of halogens is 3. The Kier molecular flexibility index (Phi) is 5.40. The fourth-order valence-electron chi connectivity index (χ4n) is 3.50. The van der Waals surface area contributed by atoms with Gasteiger partial charge in [-0.2, -0.15) is 13.2 Å². The molecule has 0 aliphatic carbocycles. The summed E-state index contributed by atoms with van der Waals surface area (Å²) in [5.41, 5.74) is 1.81. The number of aromatic nitrogens is 2. The minimum Gasteiger partial charge on any atom is -0.378 e. The van der Waals surface area contributed by atoms with Crippen LogP contribution in [0.2, 0.25) is 0 Å². The highest BCUT2D eigenvalue weighted by Crippen LogP contribution is 2.29. The van der Waals surface area contributed by atoms with Crippen molar-refractivity contribution in [2.45, 2.75) is 32.1 Å². The number of benzene rings is 1. The molecule has 2 aromatic rings. The van der Waals surface area contributed by atoms with Gasteiger partial charge in [0.15, 0.2) is 0 Å². The zero-order chi connectivity index (χ0) is 20.4. The minimum absolute atomic E-state index is 0.0455. The zero-order valence-electron chi connectivity index (χ0n) is 15.8. The van der Waals surface area contributed by atoms with Crippen LogP contribution in [0.1, 0.15) is 28.8 Å². The SMILES string of the molecule is O=C(CCc1ccc(C(F)(F)F)cc1)N1Cc2cnc(N3CCOCC3)nc2C1. The molecule has 0 radical (unpaired) electrons. The van der Waals surface area contributed by atoms with Crippen LogP contribution >= 0.6 is 0 Å². The Bertz CT molecular complexity index is 880. The molecule has 1 aromatic heterocycles. The van der Waals surface area contributed by atoms with Crippen molar-refractivity contribution in [1.29, 1.82) is 0 Å². The molecule has 1 amide bonds. The number of carbonyl (C=O) groups is 1. The van der Waals surface area contributed by atoms with E-state index in [2.05, 4.69) is 14.9 Å². The highest BCUT2D eigenvalue weighted by Gasteiger charge is 2.30. The molecule has 0 bridgehead atoms. The third-order valence-electron chi connectivity index (χ3n) is 5.20. The molecule has 2 aliphatic rings. The van der Waals surface area contributed by atoms with E-state index in [-0.39, 0.29) is 12.3 Å². The van der Waals surface area contributed by atoms with Crippen LogP contribution in [-0.4, -0.2) is 47.1 Å². The molecule has 1 saturated heterocycles. The third-order valence-corrected chi connectivity index (χ3v) is 5.20. The molecule has 3 heterocycles. The predicted octanol–water partition coefficient (Wildman–Crippen LogP) is 2.81. The Morgan fingerprint density at radius 3 is 2.52 bits per heavy atom. The molecule has 0 spiro atoms. The van der Waals surface area contributed by atoms with Crippen LogP contribution in [0, 0.1) is 0 Å². The molecule has 0 atom stereocenters. The minimum atomic E-state index is -4.35. The Labute approximate surface area is 166 Å². The fraction of sp³-hybridized carbons (Fsp3) is 0.450. The van der Waals surface area contributed by atoms with E-state index in [4.69, 9.17) is 4.74 Å². The van der Waals surface area contributed by atoms with Gasteiger partial charge in [0, 0.05) is 37.8 Å². The summed E-state index contributed by atoms with van der Waals surface area (Å²) in [6, 6.07) is 4.95. The lowest BCUT2D eigenvalue weighted by molar-refractivity contribution is -0.137. The number of hydrogen-bond donors (Lipinski definition) is 0. The molecule has 1 aromatic carbocycles.